The van der Waals surface area contributed by atoms with Gasteiger partial charge in [0.2, 0.25) is 5.91 Å². The van der Waals surface area contributed by atoms with Crippen LogP contribution in [0.3, 0.4) is 0 Å². The number of nitrogens with zero attached hydrogens (tertiary/aromatic N) is 4. The van der Waals surface area contributed by atoms with Gasteiger partial charge in [0.1, 0.15) is 52.1 Å². The molecule has 462 valence electrons. The number of allylic oxidation sites excluding steroid dienone is 1. The quantitative estimate of drug-likeness (QED) is 0.0330. The van der Waals surface area contributed by atoms with E-state index < -0.39 is 79.2 Å². The van der Waals surface area contributed by atoms with Gasteiger partial charge in [-0.2, -0.15) is 0 Å². The highest BCUT2D eigenvalue weighted by atomic mass is 16.7. The average molecular weight is 1190 g/mol. The van der Waals surface area contributed by atoms with Gasteiger partial charge in [0.05, 0.1) is 81.8 Å². The van der Waals surface area contributed by atoms with Crippen molar-refractivity contribution in [2.45, 2.75) is 180 Å². The number of alkyl carbamates (subject to hydrolysis) is 1. The number of imidazole rings is 2. The normalized spacial score (nSPS) is 25.3. The van der Waals surface area contributed by atoms with Crippen LogP contribution in [-0.4, -0.2) is 164 Å². The van der Waals surface area contributed by atoms with E-state index in [2.05, 4.69) is 46.0 Å². The molecule has 85 heavy (non-hydrogen) atoms. The van der Waals surface area contributed by atoms with Crippen LogP contribution in [0, 0.1) is 23.2 Å². The zero-order valence-corrected chi connectivity index (χ0v) is 50.5. The van der Waals surface area contributed by atoms with Crippen LogP contribution in [0.25, 0.3) is 0 Å². The molecule has 2 aromatic heterocycles. The number of aryl methyl sites for hydroxylation is 1. The van der Waals surface area contributed by atoms with Crippen molar-refractivity contribution in [1.82, 2.24) is 35.1 Å². The minimum Gasteiger partial charge on any atom is -0.487 e. The molecule has 8 aliphatic rings. The highest BCUT2D eigenvalue weighted by Gasteiger charge is 2.67. The number of nitrogens with two attached hydrogens (primary N) is 1. The van der Waals surface area contributed by atoms with E-state index in [1.807, 2.05) is 18.2 Å². The van der Waals surface area contributed by atoms with E-state index in [4.69, 9.17) is 59.4 Å². The number of fused-ring (bicyclic) bond motifs is 1. The Hall–Kier alpha value is -6.93. The van der Waals surface area contributed by atoms with E-state index in [-0.39, 0.29) is 77.6 Å². The number of carbonyl (C=O) groups is 6. The standard InChI is InChI=1S/C41H59BN4O11.C16H21BN4O4.CH2O2/c1-37(2,3)53-34(48)30-27(51-25-20-46(21-25)33(47)31(26-19-43-22-44-26)45-35(49)54-38(4,5)6)14-13-23(32(30)52-36(50)55-39(7,8)9)15-16-42-56-29-18-24-17-28(40(24,10)11)41(29,12)57-42;18-15(13-6-19-9-20-13)16(22)21-7-12(8-21)24-11-2-1-10-3-4-17(23)25-14(10)5-11;2-1-3/h13-14,19,22,24-25,28-29,31H,15-18,20-21H2,1-12H3,(H,43,44)(H,45,49);1-2,5-6,9-10,12,14-15,23H,3-4,7-8,18H2,(H,19,20);1H,(H,2,3)/t24-,28-,29+,31?,41-;;/m0../s1/i;15D;. The summed E-state index contributed by atoms with van der Waals surface area (Å²) in [5, 5.41) is 19.2. The van der Waals surface area contributed by atoms with Crippen LogP contribution in [0.15, 0.2) is 61.2 Å². The molecule has 4 saturated heterocycles. The molecule has 3 amide bonds. The lowest BCUT2D eigenvalue weighted by atomic mass is 9.43. The number of esters is 1. The first-order valence-electron chi connectivity index (χ1n) is 29.3. The lowest BCUT2D eigenvalue weighted by molar-refractivity contribution is -0.199. The zero-order valence-electron chi connectivity index (χ0n) is 51.5. The van der Waals surface area contributed by atoms with Gasteiger partial charge in [0, 0.05) is 5.92 Å². The maximum absolute atomic E-state index is 14.1. The first-order valence-corrected chi connectivity index (χ1v) is 28.8. The summed E-state index contributed by atoms with van der Waals surface area (Å²) in [4.78, 5) is 91.0. The summed E-state index contributed by atoms with van der Waals surface area (Å²) in [5.74, 6) is 0.338. The molecule has 0 spiro atoms. The van der Waals surface area contributed by atoms with E-state index in [0.29, 0.717) is 61.0 Å². The SMILES string of the molecule is CC(C)(C)OC(=O)NC(C(=O)N1CC(Oc2ccc(CCB3O[C@@H]4C[C@@H]5C[C@@H](C5(C)C)[C@]4(C)O3)c(OC(=O)OC(C)(C)C)c2C(=O)OC(C)(C)C)C1)c1cnc[nH]1.O=CO.[2H]C(N)(C(=O)N1CC(OC2=CC3OB(O)CCC3C=C2)C1)c1cnc[nH]1. The van der Waals surface area contributed by atoms with Crippen molar-refractivity contribution in [3.8, 4) is 11.5 Å². The number of aromatic nitrogens is 4. The number of carbonyl (C=O) groups excluding carboxylic acids is 5. The third-order valence-electron chi connectivity index (χ3n) is 16.0. The summed E-state index contributed by atoms with van der Waals surface area (Å²) >= 11 is 0. The summed E-state index contributed by atoms with van der Waals surface area (Å²) < 4.78 is 61.7. The van der Waals surface area contributed by atoms with Gasteiger partial charge in [-0.3, -0.25) is 14.4 Å². The fourth-order valence-corrected chi connectivity index (χ4v) is 11.7. The molecule has 7 N–H and O–H groups in total. The molecule has 11 rings (SSSR count). The first-order chi connectivity index (χ1) is 40.2. The molecule has 0 radical (unpaired) electrons. The van der Waals surface area contributed by atoms with Crippen molar-refractivity contribution in [1.29, 1.82) is 0 Å². The average Bonchev–Trinajstić information content (AvgIpc) is 1.33. The van der Waals surface area contributed by atoms with Crippen LogP contribution in [0.1, 0.15) is 143 Å². The van der Waals surface area contributed by atoms with Gasteiger partial charge in [-0.05, 0) is 149 Å². The monoisotopic (exact) mass is 1190 g/mol. The number of carboxylic acid groups (broad SMARTS) is 1. The highest BCUT2D eigenvalue weighted by molar-refractivity contribution is 6.45. The number of likely N-dealkylation sites (tertiary alicyclic amines) is 2. The van der Waals surface area contributed by atoms with Gasteiger partial charge >= 0.3 is 32.5 Å². The van der Waals surface area contributed by atoms with Crippen LogP contribution >= 0.6 is 0 Å². The number of hydrogen-bond acceptors (Lipinski definition) is 19. The second-order valence-electron chi connectivity index (χ2n) is 26.2. The fourth-order valence-electron chi connectivity index (χ4n) is 11.7. The number of aromatic amines is 2. The number of ether oxygens (including phenoxy) is 6. The molecule has 3 saturated carbocycles. The Labute approximate surface area is 497 Å². The maximum Gasteiger partial charge on any atom is 0.514 e. The van der Waals surface area contributed by atoms with Crippen molar-refractivity contribution >= 4 is 50.7 Å². The molecule has 25 nitrogen and oxygen atoms in total. The van der Waals surface area contributed by atoms with Gasteiger partial charge in [0.15, 0.2) is 11.8 Å². The molecule has 27 heteroatoms. The van der Waals surface area contributed by atoms with Crippen molar-refractivity contribution in [2.24, 2.45) is 28.9 Å². The van der Waals surface area contributed by atoms with Crippen LogP contribution in [-0.2, 0) is 53.7 Å². The van der Waals surface area contributed by atoms with Crippen molar-refractivity contribution in [2.75, 3.05) is 26.2 Å². The molecule has 8 atom stereocenters. The van der Waals surface area contributed by atoms with Crippen LogP contribution in [0.4, 0.5) is 9.59 Å². The van der Waals surface area contributed by atoms with Crippen molar-refractivity contribution in [3.63, 3.8) is 0 Å². The molecule has 4 aliphatic carbocycles. The number of rotatable bonds is 14. The minimum absolute atomic E-state index is 0.00152. The molecule has 7 fully saturated rings. The van der Waals surface area contributed by atoms with Crippen LogP contribution < -0.4 is 20.5 Å². The molecular weight excluding hydrogens is 1100 g/mol. The zero-order chi connectivity index (χ0) is 62.9. The number of benzene rings is 1. The third-order valence-corrected chi connectivity index (χ3v) is 16.0. The molecule has 2 bridgehead atoms. The molecule has 4 unspecified atom stereocenters. The van der Waals surface area contributed by atoms with Gasteiger partial charge in [-0.1, -0.05) is 26.0 Å². The summed E-state index contributed by atoms with van der Waals surface area (Å²) in [7, 11) is -1.21. The topological polar surface area (TPSA) is 328 Å². The molecule has 4 aliphatic heterocycles. The van der Waals surface area contributed by atoms with E-state index in [0.717, 1.165) is 19.3 Å². The van der Waals surface area contributed by atoms with E-state index >= 15 is 0 Å². The highest BCUT2D eigenvalue weighted by Crippen LogP contribution is 2.66. The minimum atomic E-state index is -1.88. The Morgan fingerprint density at radius 3 is 2.09 bits per heavy atom. The van der Waals surface area contributed by atoms with Gasteiger partial charge in [0.25, 0.3) is 12.4 Å². The largest absolute Gasteiger partial charge is 0.514 e. The van der Waals surface area contributed by atoms with E-state index in [1.54, 1.807) is 74.4 Å². The number of H-pyrrole nitrogens is 2. The summed E-state index contributed by atoms with van der Waals surface area (Å²) in [6.07, 6.45) is 13.2. The van der Waals surface area contributed by atoms with Gasteiger partial charge in [-0.25, -0.2) is 24.4 Å². The molecular formula is C58H82B2N8O17. The molecule has 3 aromatic rings. The van der Waals surface area contributed by atoms with E-state index in [9.17, 15) is 29.0 Å². The Kier molecular flexibility index (Phi) is 18.8. The van der Waals surface area contributed by atoms with Gasteiger partial charge < -0.3 is 83.3 Å². The molecule has 1 aromatic carbocycles. The van der Waals surface area contributed by atoms with Gasteiger partial charge in [-0.15, -0.1) is 0 Å². The van der Waals surface area contributed by atoms with Crippen molar-refractivity contribution in [3.05, 3.63) is 83.7 Å². The first kappa shape index (κ1) is 62.6. The lowest BCUT2D eigenvalue weighted by Gasteiger charge is -2.64. The van der Waals surface area contributed by atoms with E-state index in [1.165, 1.54) is 34.8 Å². The number of hydrogen-bond donors (Lipinski definition) is 6. The predicted molar refractivity (Wildman–Crippen MR) is 307 cm³/mol. The number of amides is 3. The number of nitrogens with one attached hydrogen (secondary N) is 3. The Morgan fingerprint density at radius 2 is 1.49 bits per heavy atom. The second kappa shape index (κ2) is 25.6. The third kappa shape index (κ3) is 15.6. The lowest BCUT2D eigenvalue weighted by Crippen LogP contribution is -2.65. The summed E-state index contributed by atoms with van der Waals surface area (Å²) in [6.45, 7) is 23.1. The Balaban J connectivity index is 0.000000273. The Morgan fingerprint density at radius 1 is 0.882 bits per heavy atom. The smallest absolute Gasteiger partial charge is 0.487 e. The second-order valence-corrected chi connectivity index (χ2v) is 26.2. The van der Waals surface area contributed by atoms with Crippen LogP contribution in [0.2, 0.25) is 12.6 Å². The van der Waals surface area contributed by atoms with Crippen LogP contribution in [0.5, 0.6) is 11.5 Å². The fraction of sp³-hybridized carbons (Fsp3) is 0.621. The molecule has 6 heterocycles. The summed E-state index contributed by atoms with van der Waals surface area (Å²) in [6, 6.07) is 0.413. The summed E-state index contributed by atoms with van der Waals surface area (Å²) in [5.41, 5.74) is 4.18. The Bertz CT molecular complexity index is 2990. The predicted octanol–water partition coefficient (Wildman–Crippen LogP) is 6.48. The maximum atomic E-state index is 14.1. The van der Waals surface area contributed by atoms with Crippen molar-refractivity contribution < 1.29 is 82.7 Å².